The molecule has 0 atom stereocenters. The number of carbonyl (C=O) groups excluding carboxylic acids is 2. The van der Waals surface area contributed by atoms with Gasteiger partial charge in [-0.1, -0.05) is 12.1 Å². The summed E-state index contributed by atoms with van der Waals surface area (Å²) >= 11 is 1.55. The van der Waals surface area contributed by atoms with Crippen molar-refractivity contribution in [1.29, 1.82) is 0 Å². The van der Waals surface area contributed by atoms with Crippen LogP contribution >= 0.6 is 11.3 Å². The number of rotatable bonds is 5. The maximum Gasteiger partial charge on any atom is 0.251 e. The minimum absolute atomic E-state index is 0.0997. The maximum atomic E-state index is 11.4. The zero-order valence-corrected chi connectivity index (χ0v) is 11.4. The van der Waals surface area contributed by atoms with Gasteiger partial charge in [-0.15, -0.1) is 11.3 Å². The maximum absolute atomic E-state index is 11.4. The second-order valence-electron chi connectivity index (χ2n) is 4.01. The van der Waals surface area contributed by atoms with Gasteiger partial charge in [-0.25, -0.2) is 4.98 Å². The second-order valence-corrected chi connectivity index (χ2v) is 4.86. The first-order valence-corrected chi connectivity index (χ1v) is 6.83. The molecule has 0 unspecified atom stereocenters. The number of amides is 1. The minimum Gasteiger partial charge on any atom is -0.355 e. The lowest BCUT2D eigenvalue weighted by atomic mass is 10.1. The van der Waals surface area contributed by atoms with E-state index in [-0.39, 0.29) is 5.91 Å². The fraction of sp³-hybridized carbons (Fsp3) is 0.214. The van der Waals surface area contributed by atoms with Gasteiger partial charge in [0.25, 0.3) is 5.91 Å². The third-order valence-electron chi connectivity index (χ3n) is 2.69. The predicted molar refractivity (Wildman–Crippen MR) is 75.3 cm³/mol. The molecular weight excluding hydrogens is 260 g/mol. The molecule has 0 radical (unpaired) electrons. The van der Waals surface area contributed by atoms with Crippen molar-refractivity contribution in [2.45, 2.75) is 12.8 Å². The third-order valence-corrected chi connectivity index (χ3v) is 3.63. The van der Waals surface area contributed by atoms with Crippen molar-refractivity contribution < 1.29 is 9.59 Å². The van der Waals surface area contributed by atoms with Crippen molar-refractivity contribution in [2.75, 3.05) is 7.05 Å². The van der Waals surface area contributed by atoms with Gasteiger partial charge in [0, 0.05) is 30.0 Å². The quantitative estimate of drug-likeness (QED) is 0.851. The van der Waals surface area contributed by atoms with Crippen LogP contribution in [0.15, 0.2) is 29.6 Å². The normalized spacial score (nSPS) is 10.2. The molecule has 0 aliphatic heterocycles. The molecule has 0 fully saturated rings. The van der Waals surface area contributed by atoms with Crippen LogP contribution in [0, 0.1) is 0 Å². The highest BCUT2D eigenvalue weighted by atomic mass is 32.1. The molecule has 0 aliphatic rings. The molecule has 1 aromatic heterocycles. The van der Waals surface area contributed by atoms with E-state index in [2.05, 4.69) is 10.3 Å². The van der Waals surface area contributed by atoms with Crippen molar-refractivity contribution in [2.24, 2.45) is 0 Å². The van der Waals surface area contributed by atoms with Gasteiger partial charge in [-0.3, -0.25) is 4.79 Å². The summed E-state index contributed by atoms with van der Waals surface area (Å²) in [6, 6.07) is 7.32. The first kappa shape index (κ1) is 13.4. The van der Waals surface area contributed by atoms with Crippen LogP contribution in [0.1, 0.15) is 22.5 Å². The summed E-state index contributed by atoms with van der Waals surface area (Å²) in [5, 5.41) is 5.45. The Kier molecular flexibility index (Phi) is 4.41. The molecule has 1 heterocycles. The molecule has 98 valence electrons. The number of carbonyl (C=O) groups is 2. The van der Waals surface area contributed by atoms with E-state index in [1.807, 2.05) is 17.5 Å². The Labute approximate surface area is 115 Å². The molecular formula is C14H14N2O2S. The van der Waals surface area contributed by atoms with Crippen LogP contribution in [0.2, 0.25) is 0 Å². The molecule has 1 aromatic carbocycles. The van der Waals surface area contributed by atoms with E-state index in [0.29, 0.717) is 18.4 Å². The molecule has 1 N–H and O–H groups in total. The van der Waals surface area contributed by atoms with Crippen molar-refractivity contribution in [3.63, 3.8) is 0 Å². The van der Waals surface area contributed by atoms with Gasteiger partial charge in [-0.05, 0) is 18.6 Å². The number of aryl methyl sites for hydroxylation is 1. The van der Waals surface area contributed by atoms with Gasteiger partial charge in [0.05, 0.1) is 5.69 Å². The van der Waals surface area contributed by atoms with Gasteiger partial charge in [0.15, 0.2) is 0 Å². The van der Waals surface area contributed by atoms with Crippen LogP contribution in [0.25, 0.3) is 10.6 Å². The van der Waals surface area contributed by atoms with Crippen LogP contribution in [-0.4, -0.2) is 24.2 Å². The average molecular weight is 274 g/mol. The lowest BCUT2D eigenvalue weighted by molar-refractivity contribution is -0.107. The van der Waals surface area contributed by atoms with E-state index in [1.165, 1.54) is 0 Å². The van der Waals surface area contributed by atoms with E-state index < -0.39 is 0 Å². The molecule has 2 rings (SSSR count). The molecule has 0 saturated heterocycles. The van der Waals surface area contributed by atoms with E-state index in [1.54, 1.807) is 30.5 Å². The lowest BCUT2D eigenvalue weighted by Gasteiger charge is -2.00. The van der Waals surface area contributed by atoms with E-state index >= 15 is 0 Å². The van der Waals surface area contributed by atoms with Crippen molar-refractivity contribution in [3.8, 4) is 10.6 Å². The van der Waals surface area contributed by atoms with Crippen molar-refractivity contribution in [1.82, 2.24) is 10.3 Å². The Hall–Kier alpha value is -2.01. The summed E-state index contributed by atoms with van der Waals surface area (Å²) in [6.07, 6.45) is 2.08. The summed E-state index contributed by atoms with van der Waals surface area (Å²) in [7, 11) is 1.61. The van der Waals surface area contributed by atoms with Crippen molar-refractivity contribution in [3.05, 3.63) is 40.9 Å². The number of hydrogen-bond donors (Lipinski definition) is 1. The van der Waals surface area contributed by atoms with Gasteiger partial charge in [-0.2, -0.15) is 0 Å². The molecule has 2 aromatic rings. The van der Waals surface area contributed by atoms with Crippen LogP contribution in [0.5, 0.6) is 0 Å². The Bertz CT molecular complexity index is 575. The summed E-state index contributed by atoms with van der Waals surface area (Å²) in [5.74, 6) is -0.0997. The SMILES string of the molecule is CNC(=O)c1ccc(-c2nc(CCC=O)cs2)cc1. The highest BCUT2D eigenvalue weighted by Gasteiger charge is 2.07. The fourth-order valence-corrected chi connectivity index (χ4v) is 2.53. The van der Waals surface area contributed by atoms with Crippen LogP contribution in [-0.2, 0) is 11.2 Å². The van der Waals surface area contributed by atoms with E-state index in [4.69, 9.17) is 0 Å². The smallest absolute Gasteiger partial charge is 0.251 e. The van der Waals surface area contributed by atoms with Crippen LogP contribution < -0.4 is 5.32 Å². The average Bonchev–Trinajstić information content (AvgIpc) is 2.93. The fourth-order valence-electron chi connectivity index (χ4n) is 1.67. The number of nitrogens with zero attached hydrogens (tertiary/aromatic N) is 1. The highest BCUT2D eigenvalue weighted by molar-refractivity contribution is 7.13. The molecule has 0 saturated carbocycles. The summed E-state index contributed by atoms with van der Waals surface area (Å²) in [5.41, 5.74) is 2.54. The van der Waals surface area contributed by atoms with E-state index in [0.717, 1.165) is 22.6 Å². The Morgan fingerprint density at radius 1 is 1.37 bits per heavy atom. The highest BCUT2D eigenvalue weighted by Crippen LogP contribution is 2.24. The number of nitrogens with one attached hydrogen (secondary N) is 1. The first-order chi connectivity index (χ1) is 9.24. The molecule has 19 heavy (non-hydrogen) atoms. The zero-order valence-electron chi connectivity index (χ0n) is 10.6. The third kappa shape index (κ3) is 3.26. The molecule has 4 nitrogen and oxygen atoms in total. The largest absolute Gasteiger partial charge is 0.355 e. The zero-order chi connectivity index (χ0) is 13.7. The summed E-state index contributed by atoms with van der Waals surface area (Å²) < 4.78 is 0. The van der Waals surface area contributed by atoms with Crippen LogP contribution in [0.4, 0.5) is 0 Å². The number of aromatic nitrogens is 1. The van der Waals surface area contributed by atoms with Gasteiger partial charge >= 0.3 is 0 Å². The number of benzene rings is 1. The number of hydrogen-bond acceptors (Lipinski definition) is 4. The second kappa shape index (κ2) is 6.24. The van der Waals surface area contributed by atoms with E-state index in [9.17, 15) is 9.59 Å². The molecule has 0 aliphatic carbocycles. The molecule has 5 heteroatoms. The first-order valence-electron chi connectivity index (χ1n) is 5.95. The number of thiazole rings is 1. The molecule has 1 amide bonds. The van der Waals surface area contributed by atoms with Gasteiger partial charge in [0.1, 0.15) is 11.3 Å². The van der Waals surface area contributed by atoms with Crippen molar-refractivity contribution >= 4 is 23.5 Å². The van der Waals surface area contributed by atoms with Crippen LogP contribution in [0.3, 0.4) is 0 Å². The monoisotopic (exact) mass is 274 g/mol. The van der Waals surface area contributed by atoms with Gasteiger partial charge in [0.2, 0.25) is 0 Å². The molecule has 0 bridgehead atoms. The molecule has 0 spiro atoms. The lowest BCUT2D eigenvalue weighted by Crippen LogP contribution is -2.17. The predicted octanol–water partition coefficient (Wildman–Crippen LogP) is 2.30. The standard InChI is InChI=1S/C14H14N2O2S/c1-15-13(18)10-4-6-11(7-5-10)14-16-12(9-19-14)3-2-8-17/h4-9H,2-3H2,1H3,(H,15,18). The summed E-state index contributed by atoms with van der Waals surface area (Å²) in [4.78, 5) is 26.2. The number of aldehydes is 1. The Morgan fingerprint density at radius 2 is 2.11 bits per heavy atom. The summed E-state index contributed by atoms with van der Waals surface area (Å²) in [6.45, 7) is 0. The Balaban J connectivity index is 2.15. The van der Waals surface area contributed by atoms with Gasteiger partial charge < -0.3 is 10.1 Å². The minimum atomic E-state index is -0.0997. The topological polar surface area (TPSA) is 59.1 Å². The Morgan fingerprint density at radius 3 is 2.74 bits per heavy atom.